The number of anilines is 1. The van der Waals surface area contributed by atoms with Gasteiger partial charge in [0.25, 0.3) is 5.91 Å². The van der Waals surface area contributed by atoms with Crippen molar-refractivity contribution in [2.75, 3.05) is 51.7 Å². The van der Waals surface area contributed by atoms with Gasteiger partial charge < -0.3 is 24.6 Å². The zero-order valence-corrected chi connectivity index (χ0v) is 25.7. The largest absolute Gasteiger partial charge is 0.497 e. The van der Waals surface area contributed by atoms with Crippen LogP contribution in [0.5, 0.6) is 5.75 Å². The molecular formula is C31H36F4N4O4S. The number of nitrogens with zero attached hydrogens (tertiary/aromatic N) is 3. The lowest BCUT2D eigenvalue weighted by molar-refractivity contribution is -0.246. The average molecular weight is 637 g/mol. The van der Waals surface area contributed by atoms with Gasteiger partial charge in [-0.05, 0) is 62.6 Å². The fourth-order valence-corrected chi connectivity index (χ4v) is 6.65. The minimum Gasteiger partial charge on any atom is -0.497 e. The number of piperazine rings is 1. The molecule has 0 atom stereocenters. The Morgan fingerprint density at radius 1 is 0.955 bits per heavy atom. The number of methoxy groups -OCH3 is 1. The number of alkyl halides is 3. The van der Waals surface area contributed by atoms with Gasteiger partial charge in [-0.3, -0.25) is 9.69 Å². The van der Waals surface area contributed by atoms with E-state index in [0.29, 0.717) is 79.3 Å². The number of fused-ring (bicyclic) bond motifs is 1. The van der Waals surface area contributed by atoms with E-state index < -0.39 is 17.9 Å². The van der Waals surface area contributed by atoms with Crippen molar-refractivity contribution in [2.24, 2.45) is 0 Å². The number of halogens is 4. The third-order valence-electron chi connectivity index (χ3n) is 8.34. The van der Waals surface area contributed by atoms with E-state index in [-0.39, 0.29) is 17.8 Å². The molecule has 238 valence electrons. The van der Waals surface area contributed by atoms with Crippen LogP contribution in [-0.2, 0) is 11.3 Å². The number of piperidine rings is 1. The maximum absolute atomic E-state index is 14.1. The smallest absolute Gasteiger partial charge is 0.427 e. The summed E-state index contributed by atoms with van der Waals surface area (Å²) in [7, 11) is 1.61. The predicted molar refractivity (Wildman–Crippen MR) is 161 cm³/mol. The molecule has 1 aromatic heterocycles. The average Bonchev–Trinajstić information content (AvgIpc) is 3.36. The molecule has 2 aliphatic rings. The molecule has 2 fully saturated rings. The number of hydrogen-bond acceptors (Lipinski definition) is 7. The topological polar surface area (TPSA) is 74.4 Å². The molecule has 3 aromatic rings. The predicted octanol–water partition coefficient (Wildman–Crippen LogP) is 6.36. The SMILES string of the molecule is COc1ccc(CNc2sc3cc(F)ccc3c2C(=O)N2CCN(C3CCN(C(=O)OC(C)(C)C(F)(F)F)CC3)CC2)cc1. The highest BCUT2D eigenvalue weighted by atomic mass is 32.1. The number of nitrogens with one attached hydrogen (secondary N) is 1. The van der Waals surface area contributed by atoms with Gasteiger partial charge >= 0.3 is 12.3 Å². The molecule has 2 saturated heterocycles. The third-order valence-corrected chi connectivity index (χ3v) is 9.45. The van der Waals surface area contributed by atoms with Crippen LogP contribution in [-0.4, -0.2) is 90.9 Å². The van der Waals surface area contributed by atoms with Crippen LogP contribution >= 0.6 is 11.3 Å². The number of carbonyl (C=O) groups is 2. The minimum atomic E-state index is -4.66. The Morgan fingerprint density at radius 2 is 1.61 bits per heavy atom. The van der Waals surface area contributed by atoms with Crippen LogP contribution < -0.4 is 10.1 Å². The van der Waals surface area contributed by atoms with Gasteiger partial charge in [0.2, 0.25) is 5.60 Å². The number of amides is 2. The molecule has 0 saturated carbocycles. The lowest BCUT2D eigenvalue weighted by Gasteiger charge is -2.43. The van der Waals surface area contributed by atoms with Gasteiger partial charge in [-0.15, -0.1) is 11.3 Å². The lowest BCUT2D eigenvalue weighted by atomic mass is 10.0. The van der Waals surface area contributed by atoms with Crippen molar-refractivity contribution in [1.82, 2.24) is 14.7 Å². The lowest BCUT2D eigenvalue weighted by Crippen LogP contribution is -2.55. The first-order chi connectivity index (χ1) is 20.9. The molecule has 13 heteroatoms. The highest BCUT2D eigenvalue weighted by Crippen LogP contribution is 2.38. The summed E-state index contributed by atoms with van der Waals surface area (Å²) in [6.07, 6.45) is -4.40. The molecule has 0 radical (unpaired) electrons. The molecule has 0 spiro atoms. The Morgan fingerprint density at radius 3 is 2.23 bits per heavy atom. The Labute approximate surface area is 257 Å². The van der Waals surface area contributed by atoms with Gasteiger partial charge in [-0.25, -0.2) is 9.18 Å². The molecule has 0 bridgehead atoms. The molecule has 2 aromatic carbocycles. The number of benzene rings is 2. The summed E-state index contributed by atoms with van der Waals surface area (Å²) < 4.78 is 64.2. The zero-order valence-electron chi connectivity index (χ0n) is 24.9. The van der Waals surface area contributed by atoms with Crippen molar-refractivity contribution in [3.63, 3.8) is 0 Å². The maximum Gasteiger partial charge on any atom is 0.427 e. The number of carbonyl (C=O) groups excluding carboxylic acids is 2. The fraction of sp³-hybridized carbons (Fsp3) is 0.484. The molecular weight excluding hydrogens is 600 g/mol. The molecule has 5 rings (SSSR count). The van der Waals surface area contributed by atoms with E-state index in [9.17, 15) is 27.2 Å². The van der Waals surface area contributed by atoms with E-state index in [4.69, 9.17) is 9.47 Å². The number of ether oxygens (including phenoxy) is 2. The summed E-state index contributed by atoms with van der Waals surface area (Å²) in [6.45, 7) is 5.03. The molecule has 0 aliphatic carbocycles. The molecule has 0 unspecified atom stereocenters. The second-order valence-corrected chi connectivity index (χ2v) is 12.6. The standard InChI is InChI=1S/C31H36F4N4O4S/c1-30(2,31(33,34)35)43-29(41)39-12-10-22(11-13-39)37-14-16-38(17-15-37)28(40)26-24-9-6-21(32)18-25(24)44-27(26)36-19-20-4-7-23(42-3)8-5-20/h4-9,18,22,36H,10-17,19H2,1-3H3. The summed E-state index contributed by atoms with van der Waals surface area (Å²) in [5.74, 6) is 0.264. The summed E-state index contributed by atoms with van der Waals surface area (Å²) in [6, 6.07) is 12.2. The van der Waals surface area contributed by atoms with Crippen LogP contribution in [0.25, 0.3) is 10.1 Å². The number of hydrogen-bond donors (Lipinski definition) is 1. The van der Waals surface area contributed by atoms with Crippen LogP contribution in [0.2, 0.25) is 0 Å². The van der Waals surface area contributed by atoms with Crippen LogP contribution in [0, 0.1) is 5.82 Å². The van der Waals surface area contributed by atoms with Crippen molar-refractivity contribution >= 4 is 38.4 Å². The van der Waals surface area contributed by atoms with Crippen molar-refractivity contribution in [2.45, 2.75) is 51.1 Å². The highest BCUT2D eigenvalue weighted by molar-refractivity contribution is 7.23. The Balaban J connectivity index is 1.19. The summed E-state index contributed by atoms with van der Waals surface area (Å²) >= 11 is 1.35. The number of rotatable bonds is 7. The van der Waals surface area contributed by atoms with E-state index >= 15 is 0 Å². The van der Waals surface area contributed by atoms with E-state index in [1.54, 1.807) is 13.2 Å². The van der Waals surface area contributed by atoms with E-state index in [1.807, 2.05) is 29.2 Å². The van der Waals surface area contributed by atoms with Crippen LogP contribution in [0.15, 0.2) is 42.5 Å². The highest BCUT2D eigenvalue weighted by Gasteiger charge is 2.51. The van der Waals surface area contributed by atoms with Crippen molar-refractivity contribution in [1.29, 1.82) is 0 Å². The van der Waals surface area contributed by atoms with Gasteiger partial charge in [0.15, 0.2) is 0 Å². The van der Waals surface area contributed by atoms with Gasteiger partial charge in [0.05, 0.1) is 12.7 Å². The zero-order chi connectivity index (χ0) is 31.6. The van der Waals surface area contributed by atoms with Crippen molar-refractivity contribution in [3.8, 4) is 5.75 Å². The molecule has 3 heterocycles. The number of thiophene rings is 1. The Kier molecular flexibility index (Phi) is 9.26. The Hall–Kier alpha value is -3.58. The van der Waals surface area contributed by atoms with Gasteiger partial charge in [0, 0.05) is 61.9 Å². The first kappa shape index (κ1) is 31.8. The first-order valence-electron chi connectivity index (χ1n) is 14.5. The van der Waals surface area contributed by atoms with Crippen LogP contribution in [0.3, 0.4) is 0 Å². The monoisotopic (exact) mass is 636 g/mol. The van der Waals surface area contributed by atoms with E-state index in [0.717, 1.165) is 25.2 Å². The normalized spacial score (nSPS) is 17.2. The molecule has 1 N–H and O–H groups in total. The first-order valence-corrected chi connectivity index (χ1v) is 15.3. The van der Waals surface area contributed by atoms with Crippen molar-refractivity contribution in [3.05, 3.63) is 59.4 Å². The van der Waals surface area contributed by atoms with Gasteiger partial charge in [0.1, 0.15) is 16.6 Å². The van der Waals surface area contributed by atoms with E-state index in [1.165, 1.54) is 28.4 Å². The second-order valence-electron chi connectivity index (χ2n) is 11.6. The third kappa shape index (κ3) is 6.88. The molecule has 44 heavy (non-hydrogen) atoms. The molecule has 2 amide bonds. The quantitative estimate of drug-likeness (QED) is 0.305. The molecule has 8 nitrogen and oxygen atoms in total. The maximum atomic E-state index is 14.1. The van der Waals surface area contributed by atoms with Crippen LogP contribution in [0.1, 0.15) is 42.6 Å². The van der Waals surface area contributed by atoms with Gasteiger partial charge in [-0.2, -0.15) is 13.2 Å². The van der Waals surface area contributed by atoms with Crippen LogP contribution in [0.4, 0.5) is 27.4 Å². The van der Waals surface area contributed by atoms with Gasteiger partial charge in [-0.1, -0.05) is 12.1 Å². The molecule has 2 aliphatic heterocycles. The Bertz CT molecular complexity index is 1480. The fourth-order valence-electron chi connectivity index (χ4n) is 5.54. The summed E-state index contributed by atoms with van der Waals surface area (Å²) in [4.78, 5) is 31.7. The second kappa shape index (κ2) is 12.8. The summed E-state index contributed by atoms with van der Waals surface area (Å²) in [5.41, 5.74) is -1.03. The minimum absolute atomic E-state index is 0.121. The van der Waals surface area contributed by atoms with E-state index in [2.05, 4.69) is 10.2 Å². The number of likely N-dealkylation sites (tertiary alicyclic amines) is 1. The summed E-state index contributed by atoms with van der Waals surface area (Å²) in [5, 5.41) is 4.77. The van der Waals surface area contributed by atoms with Crippen molar-refractivity contribution < 1.29 is 36.6 Å².